The monoisotopic (exact) mass is 437 g/mol. The maximum Gasteiger partial charge on any atom is 0.248 e. The van der Waals surface area contributed by atoms with Gasteiger partial charge in [0.25, 0.3) is 0 Å². The normalized spacial score (nSPS) is 21.3. The van der Waals surface area contributed by atoms with Crippen LogP contribution in [0.1, 0.15) is 31.2 Å². The highest BCUT2D eigenvalue weighted by atomic mass is 16.5. The van der Waals surface area contributed by atoms with E-state index in [0.29, 0.717) is 6.04 Å². The van der Waals surface area contributed by atoms with E-state index in [1.54, 1.807) is 7.11 Å². The van der Waals surface area contributed by atoms with Crippen molar-refractivity contribution in [1.29, 1.82) is 0 Å². The third kappa shape index (κ3) is 5.74. The van der Waals surface area contributed by atoms with E-state index < -0.39 is 0 Å². The van der Waals surface area contributed by atoms with Crippen LogP contribution in [0.5, 0.6) is 5.75 Å². The molecule has 0 unspecified atom stereocenters. The molecular weight excluding hydrogens is 402 g/mol. The van der Waals surface area contributed by atoms with Gasteiger partial charge in [0.1, 0.15) is 12.4 Å². The zero-order valence-corrected chi connectivity index (χ0v) is 19.3. The lowest BCUT2D eigenvalue weighted by Crippen LogP contribution is -2.50. The summed E-state index contributed by atoms with van der Waals surface area (Å²) in [7, 11) is 1.71. The molecule has 2 aliphatic rings. The fourth-order valence-electron chi connectivity index (χ4n) is 4.65. The molecule has 0 aromatic heterocycles. The van der Waals surface area contributed by atoms with Crippen molar-refractivity contribution in [1.82, 2.24) is 4.90 Å². The average Bonchev–Trinajstić information content (AvgIpc) is 2.85. The number of nitrogens with zero attached hydrogens (tertiary/aromatic N) is 2. The first-order chi connectivity index (χ1) is 15.6. The van der Waals surface area contributed by atoms with Crippen molar-refractivity contribution in [2.24, 2.45) is 0 Å². The molecule has 0 bridgehead atoms. The maximum absolute atomic E-state index is 12.6. The van der Waals surface area contributed by atoms with Crippen molar-refractivity contribution in [3.8, 4) is 5.75 Å². The average molecular weight is 438 g/mol. The summed E-state index contributed by atoms with van der Waals surface area (Å²) in [6.45, 7) is 5.51. The number of ether oxygens (including phenoxy) is 2. The van der Waals surface area contributed by atoms with Crippen molar-refractivity contribution >= 4 is 17.3 Å². The smallest absolute Gasteiger partial charge is 0.248 e. The van der Waals surface area contributed by atoms with Crippen LogP contribution in [0.3, 0.4) is 0 Å². The van der Waals surface area contributed by atoms with E-state index in [1.165, 1.54) is 5.69 Å². The van der Waals surface area contributed by atoms with Gasteiger partial charge in [-0.15, -0.1) is 0 Å². The number of amides is 1. The number of methoxy groups -OCH3 is 1. The number of anilines is 2. The number of aryl methyl sites for hydroxylation is 1. The van der Waals surface area contributed by atoms with E-state index in [2.05, 4.69) is 59.6 Å². The Morgan fingerprint density at radius 2 is 1.72 bits per heavy atom. The van der Waals surface area contributed by atoms with Crippen LogP contribution in [0.4, 0.5) is 11.4 Å². The topological polar surface area (TPSA) is 54.0 Å². The summed E-state index contributed by atoms with van der Waals surface area (Å²) in [6.07, 6.45) is 4.23. The van der Waals surface area contributed by atoms with Crippen LogP contribution in [0, 0.1) is 6.92 Å². The summed E-state index contributed by atoms with van der Waals surface area (Å²) in [4.78, 5) is 16.9. The Balaban J connectivity index is 1.16. The van der Waals surface area contributed by atoms with E-state index in [-0.39, 0.29) is 18.6 Å². The Morgan fingerprint density at radius 1 is 1.00 bits per heavy atom. The number of nitrogens with one attached hydrogen (secondary N) is 1. The number of carbonyl (C=O) groups excluding carboxylic acids is 1. The molecule has 0 atom stereocenters. The highest BCUT2D eigenvalue weighted by Crippen LogP contribution is 2.27. The number of hydrogen-bond acceptors (Lipinski definition) is 5. The molecule has 2 fully saturated rings. The molecule has 1 saturated carbocycles. The Bertz CT molecular complexity index is 873. The zero-order chi connectivity index (χ0) is 22.3. The van der Waals surface area contributed by atoms with E-state index in [9.17, 15) is 4.79 Å². The fraction of sp³-hybridized carbons (Fsp3) is 0.500. The van der Waals surface area contributed by atoms with E-state index in [1.807, 2.05) is 11.0 Å². The van der Waals surface area contributed by atoms with Gasteiger partial charge in [-0.05, 0) is 56.4 Å². The van der Waals surface area contributed by atoms with Crippen LogP contribution in [0.15, 0.2) is 48.5 Å². The predicted molar refractivity (Wildman–Crippen MR) is 129 cm³/mol. The van der Waals surface area contributed by atoms with Gasteiger partial charge in [0.05, 0.1) is 13.2 Å². The number of piperazine rings is 1. The molecule has 1 aliphatic carbocycles. The lowest BCUT2D eigenvalue weighted by molar-refractivity contribution is -0.139. The van der Waals surface area contributed by atoms with Gasteiger partial charge in [0, 0.05) is 49.7 Å². The Kier molecular flexibility index (Phi) is 7.53. The SMILES string of the molecule is COc1cc(NC2CCC(OCC(=O)N3CCN(c4ccccc4)CC3)CC2)ccc1C. The van der Waals surface area contributed by atoms with Crippen molar-refractivity contribution in [3.63, 3.8) is 0 Å². The van der Waals surface area contributed by atoms with Crippen molar-refractivity contribution in [2.75, 3.05) is 50.1 Å². The number of hydrogen-bond donors (Lipinski definition) is 1. The van der Waals surface area contributed by atoms with Gasteiger partial charge in [0.15, 0.2) is 0 Å². The minimum absolute atomic E-state index is 0.115. The minimum Gasteiger partial charge on any atom is -0.496 e. The summed E-state index contributed by atoms with van der Waals surface area (Å²) >= 11 is 0. The second kappa shape index (κ2) is 10.7. The number of carbonyl (C=O) groups is 1. The van der Waals surface area contributed by atoms with E-state index >= 15 is 0 Å². The van der Waals surface area contributed by atoms with E-state index in [4.69, 9.17) is 9.47 Å². The van der Waals surface area contributed by atoms with Crippen LogP contribution in [-0.4, -0.2) is 62.8 Å². The molecule has 172 valence electrons. The molecule has 2 aromatic carbocycles. The van der Waals surface area contributed by atoms with E-state index in [0.717, 1.165) is 68.9 Å². The van der Waals surface area contributed by atoms with Crippen molar-refractivity contribution in [2.45, 2.75) is 44.8 Å². The van der Waals surface area contributed by atoms with Crippen LogP contribution in [0.2, 0.25) is 0 Å². The first-order valence-corrected chi connectivity index (χ1v) is 11.7. The third-order valence-corrected chi connectivity index (χ3v) is 6.65. The predicted octanol–water partition coefficient (Wildman–Crippen LogP) is 4.09. The molecule has 0 radical (unpaired) electrons. The summed E-state index contributed by atoms with van der Waals surface area (Å²) in [5.74, 6) is 1.03. The quantitative estimate of drug-likeness (QED) is 0.707. The molecule has 1 aliphatic heterocycles. The first kappa shape index (κ1) is 22.5. The molecule has 1 amide bonds. The maximum atomic E-state index is 12.6. The molecule has 1 saturated heterocycles. The van der Waals surface area contributed by atoms with Gasteiger partial charge in [-0.3, -0.25) is 4.79 Å². The number of para-hydroxylation sites is 1. The van der Waals surface area contributed by atoms with Crippen LogP contribution in [-0.2, 0) is 9.53 Å². The van der Waals surface area contributed by atoms with Gasteiger partial charge in [0.2, 0.25) is 5.91 Å². The van der Waals surface area contributed by atoms with Gasteiger partial charge in [-0.1, -0.05) is 24.3 Å². The van der Waals surface area contributed by atoms with Crippen molar-refractivity contribution < 1.29 is 14.3 Å². The molecule has 4 rings (SSSR count). The van der Waals surface area contributed by atoms with Crippen molar-refractivity contribution in [3.05, 3.63) is 54.1 Å². The fourth-order valence-corrected chi connectivity index (χ4v) is 4.65. The Morgan fingerprint density at radius 3 is 2.41 bits per heavy atom. The largest absolute Gasteiger partial charge is 0.496 e. The lowest BCUT2D eigenvalue weighted by atomic mass is 9.92. The molecule has 1 heterocycles. The summed E-state index contributed by atoms with van der Waals surface area (Å²) in [5.41, 5.74) is 3.47. The lowest BCUT2D eigenvalue weighted by Gasteiger charge is -2.36. The molecule has 32 heavy (non-hydrogen) atoms. The molecule has 1 N–H and O–H groups in total. The minimum atomic E-state index is 0.115. The molecular formula is C26H35N3O3. The summed E-state index contributed by atoms with van der Waals surface area (Å²) in [5, 5.41) is 3.62. The molecule has 0 spiro atoms. The summed E-state index contributed by atoms with van der Waals surface area (Å²) in [6, 6.07) is 17.1. The zero-order valence-electron chi connectivity index (χ0n) is 19.3. The van der Waals surface area contributed by atoms with Gasteiger partial charge in [-0.25, -0.2) is 0 Å². The first-order valence-electron chi connectivity index (χ1n) is 11.7. The summed E-state index contributed by atoms with van der Waals surface area (Å²) < 4.78 is 11.4. The van der Waals surface area contributed by atoms with Crippen LogP contribution in [0.25, 0.3) is 0 Å². The van der Waals surface area contributed by atoms with Crippen LogP contribution >= 0.6 is 0 Å². The highest BCUT2D eigenvalue weighted by molar-refractivity contribution is 5.77. The van der Waals surface area contributed by atoms with Gasteiger partial charge >= 0.3 is 0 Å². The Hall–Kier alpha value is -2.73. The van der Waals surface area contributed by atoms with Gasteiger partial charge < -0.3 is 24.6 Å². The Labute approximate surface area is 191 Å². The number of benzene rings is 2. The second-order valence-corrected chi connectivity index (χ2v) is 8.82. The van der Waals surface area contributed by atoms with Crippen LogP contribution < -0.4 is 15.0 Å². The number of rotatable bonds is 7. The van der Waals surface area contributed by atoms with Gasteiger partial charge in [-0.2, -0.15) is 0 Å². The molecule has 6 nitrogen and oxygen atoms in total. The molecule has 2 aromatic rings. The second-order valence-electron chi connectivity index (χ2n) is 8.82. The highest BCUT2D eigenvalue weighted by Gasteiger charge is 2.25. The standard InChI is InChI=1S/C26H35N3O3/c1-20-8-9-22(18-25(20)31-2)27-21-10-12-24(13-11-21)32-19-26(30)29-16-14-28(15-17-29)23-6-4-3-5-7-23/h3-9,18,21,24,27H,10-17,19H2,1-2H3. The molecule has 6 heteroatoms. The third-order valence-electron chi connectivity index (χ3n) is 6.65.